The van der Waals surface area contributed by atoms with Gasteiger partial charge in [-0.05, 0) is 66.3 Å². The number of benzene rings is 4. The monoisotopic (exact) mass is 504 g/mol. The molecule has 0 aromatic heterocycles. The lowest BCUT2D eigenvalue weighted by Gasteiger charge is -2.12. The van der Waals surface area contributed by atoms with Gasteiger partial charge in [0.15, 0.2) is 11.6 Å². The Hall–Kier alpha value is -3.73. The van der Waals surface area contributed by atoms with E-state index in [4.69, 9.17) is 9.47 Å². The van der Waals surface area contributed by atoms with E-state index in [-0.39, 0.29) is 23.7 Å². The number of aryl methyl sites for hydroxylation is 1. The van der Waals surface area contributed by atoms with E-state index in [1.165, 1.54) is 30.2 Å². The maximum atomic E-state index is 14.9. The van der Waals surface area contributed by atoms with Crippen molar-refractivity contribution in [2.24, 2.45) is 0 Å². The van der Waals surface area contributed by atoms with Gasteiger partial charge in [-0.3, -0.25) is 0 Å². The summed E-state index contributed by atoms with van der Waals surface area (Å²) in [6, 6.07) is 22.4. The fraction of sp³-hybridized carbons (Fsp3) is 0.250. The molecule has 0 amide bonds. The average Bonchev–Trinajstić information content (AvgIpc) is 2.91. The van der Waals surface area contributed by atoms with Crippen LogP contribution < -0.4 is 9.47 Å². The van der Waals surface area contributed by atoms with Crippen LogP contribution in [0, 0.1) is 17.5 Å². The van der Waals surface area contributed by atoms with E-state index in [2.05, 4.69) is 6.92 Å². The molecular weight excluding hydrogens is 473 g/mol. The van der Waals surface area contributed by atoms with Crippen molar-refractivity contribution >= 4 is 0 Å². The van der Waals surface area contributed by atoms with Crippen molar-refractivity contribution in [2.75, 3.05) is 6.61 Å². The third-order valence-corrected chi connectivity index (χ3v) is 6.29. The predicted octanol–water partition coefficient (Wildman–Crippen LogP) is 9.15. The van der Waals surface area contributed by atoms with Crippen LogP contribution in [-0.2, 0) is 13.0 Å². The lowest BCUT2D eigenvalue weighted by atomic mass is 10.0. The summed E-state index contributed by atoms with van der Waals surface area (Å²) in [5.41, 5.74) is 3.91. The minimum atomic E-state index is -1.02. The molecule has 0 unspecified atom stereocenters. The SMILES string of the molecule is CCCCCc1ccc(-c2ccc(OCc3ccc(-c4ccc(OCC)cc4F)cc3)c(F)c2F)cc1. The summed E-state index contributed by atoms with van der Waals surface area (Å²) in [4.78, 5) is 0. The minimum Gasteiger partial charge on any atom is -0.494 e. The fourth-order valence-electron chi connectivity index (χ4n) is 4.22. The molecule has 5 heteroatoms. The first-order chi connectivity index (χ1) is 18.0. The summed E-state index contributed by atoms with van der Waals surface area (Å²) in [7, 11) is 0. The van der Waals surface area contributed by atoms with Crippen LogP contribution in [0.15, 0.2) is 78.9 Å². The summed E-state index contributed by atoms with van der Waals surface area (Å²) in [5, 5.41) is 0. The highest BCUT2D eigenvalue weighted by Gasteiger charge is 2.16. The highest BCUT2D eigenvalue weighted by molar-refractivity contribution is 5.66. The van der Waals surface area contributed by atoms with Gasteiger partial charge in [0.05, 0.1) is 6.61 Å². The van der Waals surface area contributed by atoms with E-state index in [1.54, 1.807) is 36.4 Å². The zero-order valence-corrected chi connectivity index (χ0v) is 21.2. The van der Waals surface area contributed by atoms with Crippen molar-refractivity contribution < 1.29 is 22.6 Å². The third-order valence-electron chi connectivity index (χ3n) is 6.29. The summed E-state index contributed by atoms with van der Waals surface area (Å²) in [6.45, 7) is 4.52. The molecule has 0 N–H and O–H groups in total. The van der Waals surface area contributed by atoms with Crippen LogP contribution in [0.4, 0.5) is 13.2 Å². The maximum Gasteiger partial charge on any atom is 0.201 e. The van der Waals surface area contributed by atoms with Gasteiger partial charge in [0, 0.05) is 17.2 Å². The second kappa shape index (κ2) is 12.5. The molecule has 2 nitrogen and oxygen atoms in total. The molecule has 0 radical (unpaired) electrons. The molecule has 192 valence electrons. The molecule has 0 fully saturated rings. The summed E-state index contributed by atoms with van der Waals surface area (Å²) in [5.74, 6) is -2.00. The maximum absolute atomic E-state index is 14.9. The topological polar surface area (TPSA) is 18.5 Å². The highest BCUT2D eigenvalue weighted by atomic mass is 19.2. The Labute approximate surface area is 216 Å². The Bertz CT molecular complexity index is 1320. The number of halogens is 3. The van der Waals surface area contributed by atoms with Crippen LogP contribution in [0.5, 0.6) is 11.5 Å². The molecule has 0 aliphatic carbocycles. The number of hydrogen-bond acceptors (Lipinski definition) is 2. The zero-order chi connectivity index (χ0) is 26.2. The van der Waals surface area contributed by atoms with Gasteiger partial charge < -0.3 is 9.47 Å². The van der Waals surface area contributed by atoms with E-state index in [0.717, 1.165) is 24.8 Å². The summed E-state index contributed by atoms with van der Waals surface area (Å²) < 4.78 is 55.0. The Morgan fingerprint density at radius 1 is 0.622 bits per heavy atom. The van der Waals surface area contributed by atoms with Crippen LogP contribution in [0.25, 0.3) is 22.3 Å². The molecule has 4 rings (SSSR count). The molecule has 4 aromatic carbocycles. The highest BCUT2D eigenvalue weighted by Crippen LogP contribution is 2.31. The standard InChI is InChI=1S/C32H31F3O2/c1-3-5-6-7-22-8-12-25(13-9-22)28-18-19-30(32(35)31(28)34)37-21-23-10-14-24(15-11-23)27-17-16-26(36-4-2)20-29(27)33/h8-20H,3-7,21H2,1-2H3. The number of unbranched alkanes of at least 4 members (excludes halogenated alkanes) is 2. The molecule has 0 spiro atoms. The van der Waals surface area contributed by atoms with Crippen LogP contribution in [0.2, 0.25) is 0 Å². The number of hydrogen-bond donors (Lipinski definition) is 0. The third kappa shape index (κ3) is 6.53. The van der Waals surface area contributed by atoms with Crippen molar-refractivity contribution in [1.29, 1.82) is 0 Å². The molecule has 37 heavy (non-hydrogen) atoms. The first-order valence-corrected chi connectivity index (χ1v) is 12.7. The molecule has 0 saturated carbocycles. The van der Waals surface area contributed by atoms with E-state index < -0.39 is 11.6 Å². The van der Waals surface area contributed by atoms with Crippen molar-refractivity contribution in [3.63, 3.8) is 0 Å². The van der Waals surface area contributed by atoms with Crippen molar-refractivity contribution in [1.82, 2.24) is 0 Å². The first kappa shape index (κ1) is 26.3. The van der Waals surface area contributed by atoms with E-state index >= 15 is 0 Å². The molecule has 0 bridgehead atoms. The van der Waals surface area contributed by atoms with Crippen molar-refractivity contribution in [3.8, 4) is 33.8 Å². The summed E-state index contributed by atoms with van der Waals surface area (Å²) >= 11 is 0. The van der Waals surface area contributed by atoms with E-state index in [9.17, 15) is 13.2 Å². The second-order valence-corrected chi connectivity index (χ2v) is 8.95. The van der Waals surface area contributed by atoms with Crippen molar-refractivity contribution in [2.45, 2.75) is 46.1 Å². The van der Waals surface area contributed by atoms with Crippen LogP contribution in [0.3, 0.4) is 0 Å². The van der Waals surface area contributed by atoms with E-state index in [0.29, 0.717) is 29.0 Å². The van der Waals surface area contributed by atoms with Gasteiger partial charge in [0.1, 0.15) is 18.2 Å². The Balaban J connectivity index is 1.41. The van der Waals surface area contributed by atoms with Gasteiger partial charge in [-0.25, -0.2) is 8.78 Å². The van der Waals surface area contributed by atoms with Gasteiger partial charge in [0.2, 0.25) is 5.82 Å². The van der Waals surface area contributed by atoms with Gasteiger partial charge in [-0.1, -0.05) is 68.3 Å². The fourth-order valence-corrected chi connectivity index (χ4v) is 4.22. The van der Waals surface area contributed by atoms with Crippen molar-refractivity contribution in [3.05, 3.63) is 107 Å². The molecule has 0 saturated heterocycles. The molecule has 0 aliphatic heterocycles. The predicted molar refractivity (Wildman–Crippen MR) is 142 cm³/mol. The minimum absolute atomic E-state index is 0.0498. The largest absolute Gasteiger partial charge is 0.494 e. The zero-order valence-electron chi connectivity index (χ0n) is 21.2. The van der Waals surface area contributed by atoms with Gasteiger partial charge in [0.25, 0.3) is 0 Å². The second-order valence-electron chi connectivity index (χ2n) is 8.95. The van der Waals surface area contributed by atoms with Crippen LogP contribution in [-0.4, -0.2) is 6.61 Å². The molecule has 0 heterocycles. The first-order valence-electron chi connectivity index (χ1n) is 12.7. The van der Waals surface area contributed by atoms with Gasteiger partial charge >= 0.3 is 0 Å². The number of rotatable bonds is 11. The lowest BCUT2D eigenvalue weighted by Crippen LogP contribution is -2.00. The Morgan fingerprint density at radius 3 is 1.92 bits per heavy atom. The molecule has 0 aliphatic rings. The summed E-state index contributed by atoms with van der Waals surface area (Å²) in [6.07, 6.45) is 4.43. The molecule has 0 atom stereocenters. The van der Waals surface area contributed by atoms with E-state index in [1.807, 2.05) is 31.2 Å². The normalized spacial score (nSPS) is 10.9. The van der Waals surface area contributed by atoms with Crippen LogP contribution in [0.1, 0.15) is 44.2 Å². The molecule has 4 aromatic rings. The average molecular weight is 505 g/mol. The Morgan fingerprint density at radius 2 is 1.27 bits per heavy atom. The van der Waals surface area contributed by atoms with Crippen LogP contribution >= 0.6 is 0 Å². The molecular formula is C32H31F3O2. The van der Waals surface area contributed by atoms with Gasteiger partial charge in [-0.2, -0.15) is 4.39 Å². The quantitative estimate of drug-likeness (QED) is 0.190. The smallest absolute Gasteiger partial charge is 0.201 e. The van der Waals surface area contributed by atoms with Gasteiger partial charge in [-0.15, -0.1) is 0 Å². The Kier molecular flexibility index (Phi) is 8.89. The lowest BCUT2D eigenvalue weighted by molar-refractivity contribution is 0.285. The number of ether oxygens (including phenoxy) is 2.